The first-order valence-electron chi connectivity index (χ1n) is 7.58. The fourth-order valence-electron chi connectivity index (χ4n) is 2.70. The molecule has 0 atom stereocenters. The summed E-state index contributed by atoms with van der Waals surface area (Å²) < 4.78 is 10.4. The van der Waals surface area contributed by atoms with E-state index in [1.54, 1.807) is 7.11 Å². The molecular weight excluding hydrogens is 288 g/mol. The van der Waals surface area contributed by atoms with Crippen molar-refractivity contribution in [3.8, 4) is 28.0 Å². The summed E-state index contributed by atoms with van der Waals surface area (Å²) in [5, 5.41) is 0. The molecule has 3 heteroatoms. The lowest BCUT2D eigenvalue weighted by Gasteiger charge is -2.04. The minimum absolute atomic E-state index is 0.288. The van der Waals surface area contributed by atoms with Gasteiger partial charge in [-0.05, 0) is 47.4 Å². The molecule has 0 amide bonds. The zero-order valence-electron chi connectivity index (χ0n) is 13.2. The maximum absolute atomic E-state index is 12.3. The van der Waals surface area contributed by atoms with E-state index < -0.39 is 0 Å². The molecule has 0 radical (unpaired) electrons. The molecule has 0 fully saturated rings. The highest BCUT2D eigenvalue weighted by Crippen LogP contribution is 2.39. The van der Waals surface area contributed by atoms with Crippen LogP contribution < -0.4 is 4.74 Å². The number of hydrogen-bond donors (Lipinski definition) is 0. The van der Waals surface area contributed by atoms with Gasteiger partial charge < -0.3 is 9.47 Å². The van der Waals surface area contributed by atoms with Crippen molar-refractivity contribution in [3.63, 3.8) is 0 Å². The van der Waals surface area contributed by atoms with E-state index in [-0.39, 0.29) is 5.97 Å². The molecule has 1 aromatic rings. The summed E-state index contributed by atoms with van der Waals surface area (Å²) in [5.41, 5.74) is 4.59. The largest absolute Gasteiger partial charge is 0.497 e. The van der Waals surface area contributed by atoms with E-state index in [9.17, 15) is 4.79 Å². The fourth-order valence-corrected chi connectivity index (χ4v) is 2.70. The quantitative estimate of drug-likeness (QED) is 0.658. The van der Waals surface area contributed by atoms with Crippen molar-refractivity contribution in [2.45, 2.75) is 6.92 Å². The van der Waals surface area contributed by atoms with Crippen LogP contribution in [0.15, 0.2) is 60.7 Å². The van der Waals surface area contributed by atoms with Crippen molar-refractivity contribution in [2.24, 2.45) is 0 Å². The van der Waals surface area contributed by atoms with Crippen LogP contribution in [0.1, 0.15) is 17.3 Å². The minimum atomic E-state index is -0.288. The highest BCUT2D eigenvalue weighted by Gasteiger charge is 2.21. The van der Waals surface area contributed by atoms with Crippen LogP contribution in [0.3, 0.4) is 0 Å². The van der Waals surface area contributed by atoms with Crippen LogP contribution in [-0.4, -0.2) is 19.7 Å². The Morgan fingerprint density at radius 1 is 0.913 bits per heavy atom. The second-order valence-corrected chi connectivity index (χ2v) is 5.16. The second-order valence-electron chi connectivity index (χ2n) is 5.16. The second kappa shape index (κ2) is 6.53. The number of ether oxygens (including phenoxy) is 2. The van der Waals surface area contributed by atoms with E-state index in [1.165, 1.54) is 0 Å². The van der Waals surface area contributed by atoms with Gasteiger partial charge in [0, 0.05) is 0 Å². The number of carbonyl (C=O) groups is 1. The average molecular weight is 306 g/mol. The van der Waals surface area contributed by atoms with Crippen LogP contribution in [0.5, 0.6) is 5.75 Å². The molecule has 3 nitrogen and oxygen atoms in total. The molecule has 0 unspecified atom stereocenters. The monoisotopic (exact) mass is 306 g/mol. The third-order valence-corrected chi connectivity index (χ3v) is 3.80. The molecule has 3 rings (SSSR count). The van der Waals surface area contributed by atoms with E-state index in [2.05, 4.69) is 0 Å². The van der Waals surface area contributed by atoms with Crippen molar-refractivity contribution >= 4 is 5.97 Å². The minimum Gasteiger partial charge on any atom is -0.497 e. The Kier molecular flexibility index (Phi) is 4.29. The molecule has 0 aromatic heterocycles. The summed E-state index contributed by atoms with van der Waals surface area (Å²) in [7, 11) is 1.64. The lowest BCUT2D eigenvalue weighted by Crippen LogP contribution is -2.03. The fraction of sp³-hybridized carbons (Fsp3) is 0.150. The van der Waals surface area contributed by atoms with E-state index in [1.807, 2.05) is 67.6 Å². The molecule has 0 N–H and O–H groups in total. The first-order valence-corrected chi connectivity index (χ1v) is 7.58. The van der Waals surface area contributed by atoms with E-state index in [0.29, 0.717) is 12.2 Å². The summed E-state index contributed by atoms with van der Waals surface area (Å²) >= 11 is 0. The van der Waals surface area contributed by atoms with Crippen molar-refractivity contribution in [1.29, 1.82) is 0 Å². The predicted molar refractivity (Wildman–Crippen MR) is 91.0 cm³/mol. The van der Waals surface area contributed by atoms with Gasteiger partial charge in [-0.1, -0.05) is 42.5 Å². The first kappa shape index (κ1) is 15.1. The highest BCUT2D eigenvalue weighted by atomic mass is 16.5. The lowest BCUT2D eigenvalue weighted by molar-refractivity contribution is 0.0528. The highest BCUT2D eigenvalue weighted by molar-refractivity contribution is 6.04. The Balaban J connectivity index is 2.15. The van der Waals surface area contributed by atoms with Gasteiger partial charge in [0.1, 0.15) is 5.75 Å². The number of hydrogen-bond acceptors (Lipinski definition) is 3. The van der Waals surface area contributed by atoms with Crippen LogP contribution in [0, 0.1) is 0 Å². The molecule has 0 heterocycles. The third kappa shape index (κ3) is 2.90. The zero-order valence-corrected chi connectivity index (χ0v) is 13.2. The Morgan fingerprint density at radius 2 is 1.61 bits per heavy atom. The molecule has 1 aromatic carbocycles. The first-order chi connectivity index (χ1) is 11.2. The number of esters is 1. The molecule has 23 heavy (non-hydrogen) atoms. The Morgan fingerprint density at radius 3 is 2.26 bits per heavy atom. The smallest absolute Gasteiger partial charge is 0.338 e. The van der Waals surface area contributed by atoms with Gasteiger partial charge in [-0.3, -0.25) is 0 Å². The molecule has 0 aliphatic heterocycles. The summed E-state index contributed by atoms with van der Waals surface area (Å²) in [4.78, 5) is 12.3. The van der Waals surface area contributed by atoms with Gasteiger partial charge in [-0.15, -0.1) is 0 Å². The maximum Gasteiger partial charge on any atom is 0.338 e. The van der Waals surface area contributed by atoms with Crippen LogP contribution in [0.2, 0.25) is 0 Å². The number of fused-ring (bicyclic) bond motifs is 1. The lowest BCUT2D eigenvalue weighted by atomic mass is 10.0. The number of methoxy groups -OCH3 is 1. The molecule has 0 bridgehead atoms. The van der Waals surface area contributed by atoms with Gasteiger partial charge in [-0.25, -0.2) is 4.79 Å². The number of rotatable bonds is 4. The van der Waals surface area contributed by atoms with Crippen molar-refractivity contribution < 1.29 is 14.3 Å². The van der Waals surface area contributed by atoms with Crippen molar-refractivity contribution in [3.05, 3.63) is 66.2 Å². The summed E-state index contributed by atoms with van der Waals surface area (Å²) in [5.74, 6) is 0.518. The Labute approximate surface area is 135 Å². The third-order valence-electron chi connectivity index (χ3n) is 3.80. The molecule has 0 spiro atoms. The van der Waals surface area contributed by atoms with Gasteiger partial charge in [0.25, 0.3) is 0 Å². The van der Waals surface area contributed by atoms with Gasteiger partial charge in [-0.2, -0.15) is 0 Å². The molecule has 0 saturated carbocycles. The number of carbonyl (C=O) groups excluding carboxylic acids is 1. The summed E-state index contributed by atoms with van der Waals surface area (Å²) in [6, 6.07) is 19.6. The molecule has 116 valence electrons. The van der Waals surface area contributed by atoms with Gasteiger partial charge in [0.05, 0.1) is 19.3 Å². The van der Waals surface area contributed by atoms with E-state index in [4.69, 9.17) is 9.47 Å². The van der Waals surface area contributed by atoms with Crippen LogP contribution in [0.25, 0.3) is 22.3 Å². The van der Waals surface area contributed by atoms with Gasteiger partial charge in [0.2, 0.25) is 0 Å². The van der Waals surface area contributed by atoms with Gasteiger partial charge >= 0.3 is 5.97 Å². The Bertz CT molecular complexity index is 790. The molecule has 0 saturated heterocycles. The maximum atomic E-state index is 12.3. The van der Waals surface area contributed by atoms with Gasteiger partial charge in [0.15, 0.2) is 0 Å². The normalized spacial score (nSPS) is 10.5. The van der Waals surface area contributed by atoms with Crippen LogP contribution >= 0.6 is 0 Å². The zero-order chi connectivity index (χ0) is 16.2. The topological polar surface area (TPSA) is 35.5 Å². The Hall–Kier alpha value is -2.81. The van der Waals surface area contributed by atoms with E-state index in [0.717, 1.165) is 28.0 Å². The van der Waals surface area contributed by atoms with Crippen molar-refractivity contribution in [1.82, 2.24) is 0 Å². The summed E-state index contributed by atoms with van der Waals surface area (Å²) in [6.07, 6.45) is 0. The molecular formula is C20H18O3. The SMILES string of the molecule is CCOC(=O)c1cc(-c2ccc(OC)cc2)c2cccccc1-2. The molecule has 2 aliphatic carbocycles. The van der Waals surface area contributed by atoms with Crippen LogP contribution in [-0.2, 0) is 4.74 Å². The summed E-state index contributed by atoms with van der Waals surface area (Å²) in [6.45, 7) is 2.18. The van der Waals surface area contributed by atoms with Crippen molar-refractivity contribution in [2.75, 3.05) is 13.7 Å². The van der Waals surface area contributed by atoms with Crippen LogP contribution in [0.4, 0.5) is 0 Å². The standard InChI is InChI=1S/C20H18O3/c1-3-23-20(21)19-13-18(14-9-11-15(22-2)12-10-14)16-7-5-4-6-8-17(16)19/h4-13H,3H2,1-2H3. The number of benzene rings is 1. The predicted octanol–water partition coefficient (Wildman–Crippen LogP) is 4.64. The molecule has 2 aliphatic rings. The van der Waals surface area contributed by atoms with E-state index >= 15 is 0 Å². The average Bonchev–Trinajstić information content (AvgIpc) is 2.77.